The molecule has 1 aliphatic rings. The molecule has 4 rings (SSSR count). The van der Waals surface area contributed by atoms with E-state index in [1.165, 1.54) is 0 Å². The zero-order chi connectivity index (χ0) is 23.7. The fourth-order valence-electron chi connectivity index (χ4n) is 4.47. The minimum atomic E-state index is -1.62. The van der Waals surface area contributed by atoms with Gasteiger partial charge in [0.05, 0.1) is 16.8 Å². The quantitative estimate of drug-likeness (QED) is 0.564. The van der Waals surface area contributed by atoms with E-state index in [1.54, 1.807) is 16.4 Å². The maximum Gasteiger partial charge on any atom is 0.316 e. The van der Waals surface area contributed by atoms with Crippen LogP contribution in [0.5, 0.6) is 5.75 Å². The smallest absolute Gasteiger partial charge is 0.316 e. The third-order valence-electron chi connectivity index (χ3n) is 6.04. The Bertz CT molecular complexity index is 1200. The first-order valence-corrected chi connectivity index (χ1v) is 12.3. The predicted molar refractivity (Wildman–Crippen MR) is 127 cm³/mol. The van der Waals surface area contributed by atoms with Crippen LogP contribution < -0.4 is 5.56 Å². The standard InChI is InChI=1S/C25H27N3O4S/c1-4-33(32)25-26-23(30)22(29)21-24(31)27(16(2)3)15-19(28(21)25)20(17-11-7-5-8-12-17)18-13-9-6-10-14-18/h5-14,16,19-20,29H,4,15H2,1-3H3/t19-,33?/m1/s1. The van der Waals surface area contributed by atoms with E-state index in [1.807, 2.05) is 74.5 Å². The lowest BCUT2D eigenvalue weighted by atomic mass is 9.83. The fourth-order valence-corrected chi connectivity index (χ4v) is 5.35. The Morgan fingerprint density at radius 1 is 1.03 bits per heavy atom. The van der Waals surface area contributed by atoms with Gasteiger partial charge in [0.2, 0.25) is 10.9 Å². The molecule has 0 radical (unpaired) electrons. The van der Waals surface area contributed by atoms with Crippen LogP contribution in [-0.2, 0) is 10.8 Å². The second-order valence-corrected chi connectivity index (χ2v) is 9.95. The fraction of sp³-hybridized carbons (Fsp3) is 0.320. The van der Waals surface area contributed by atoms with E-state index in [-0.39, 0.29) is 28.6 Å². The van der Waals surface area contributed by atoms with Crippen molar-refractivity contribution in [1.82, 2.24) is 14.5 Å². The number of aromatic hydroxyl groups is 1. The van der Waals surface area contributed by atoms with Gasteiger partial charge in [-0.2, -0.15) is 4.98 Å². The van der Waals surface area contributed by atoms with Crippen LogP contribution in [0.15, 0.2) is 70.6 Å². The lowest BCUT2D eigenvalue weighted by Crippen LogP contribution is -2.50. The topological polar surface area (TPSA) is 92.5 Å². The molecular weight excluding hydrogens is 438 g/mol. The van der Waals surface area contributed by atoms with Crippen molar-refractivity contribution < 1.29 is 14.1 Å². The lowest BCUT2D eigenvalue weighted by Gasteiger charge is -2.42. The molecular formula is C25H27N3O4S. The number of carbonyl (C=O) groups is 1. The van der Waals surface area contributed by atoms with Crippen LogP contribution in [0.2, 0.25) is 0 Å². The van der Waals surface area contributed by atoms with Crippen molar-refractivity contribution >= 4 is 16.7 Å². The van der Waals surface area contributed by atoms with Gasteiger partial charge < -0.3 is 14.6 Å². The summed E-state index contributed by atoms with van der Waals surface area (Å²) in [6.07, 6.45) is 0. The van der Waals surface area contributed by atoms with Crippen LogP contribution in [-0.4, -0.2) is 48.0 Å². The third-order valence-corrected chi connectivity index (χ3v) is 7.26. The molecule has 1 aliphatic heterocycles. The molecule has 2 aromatic carbocycles. The highest BCUT2D eigenvalue weighted by molar-refractivity contribution is 7.84. The van der Waals surface area contributed by atoms with Crippen molar-refractivity contribution in [2.24, 2.45) is 0 Å². The van der Waals surface area contributed by atoms with Gasteiger partial charge in [-0.25, -0.2) is 0 Å². The molecule has 0 fully saturated rings. The van der Waals surface area contributed by atoms with Crippen molar-refractivity contribution in [3.8, 4) is 5.75 Å². The number of aromatic nitrogens is 2. The van der Waals surface area contributed by atoms with Gasteiger partial charge in [-0.15, -0.1) is 0 Å². The first-order chi connectivity index (χ1) is 15.8. The molecule has 8 heteroatoms. The molecule has 1 amide bonds. The van der Waals surface area contributed by atoms with Crippen LogP contribution >= 0.6 is 0 Å². The summed E-state index contributed by atoms with van der Waals surface area (Å²) < 4.78 is 14.6. The van der Waals surface area contributed by atoms with E-state index in [0.29, 0.717) is 6.54 Å². The van der Waals surface area contributed by atoms with E-state index in [2.05, 4.69) is 4.98 Å². The molecule has 1 unspecified atom stereocenters. The maximum atomic E-state index is 13.4. The molecule has 1 aromatic heterocycles. The number of amides is 1. The Morgan fingerprint density at radius 2 is 1.58 bits per heavy atom. The van der Waals surface area contributed by atoms with E-state index < -0.39 is 34.1 Å². The highest BCUT2D eigenvalue weighted by Crippen LogP contribution is 2.41. The van der Waals surface area contributed by atoms with Crippen molar-refractivity contribution in [2.75, 3.05) is 12.3 Å². The summed E-state index contributed by atoms with van der Waals surface area (Å²) in [5, 5.41) is 10.7. The van der Waals surface area contributed by atoms with Crippen molar-refractivity contribution in [2.45, 2.75) is 43.9 Å². The average Bonchev–Trinajstić information content (AvgIpc) is 2.83. The van der Waals surface area contributed by atoms with Crippen LogP contribution in [0.1, 0.15) is 54.3 Å². The molecule has 0 aliphatic carbocycles. The van der Waals surface area contributed by atoms with Crippen LogP contribution in [0, 0.1) is 0 Å². The Morgan fingerprint density at radius 3 is 2.06 bits per heavy atom. The van der Waals surface area contributed by atoms with Gasteiger partial charge in [0.15, 0.2) is 5.69 Å². The van der Waals surface area contributed by atoms with Crippen molar-refractivity contribution in [3.63, 3.8) is 0 Å². The summed E-state index contributed by atoms with van der Waals surface area (Å²) in [5.74, 6) is -1.18. The molecule has 1 N–H and O–H groups in total. The molecule has 0 bridgehead atoms. The van der Waals surface area contributed by atoms with Crippen molar-refractivity contribution in [3.05, 3.63) is 87.8 Å². The summed E-state index contributed by atoms with van der Waals surface area (Å²) in [7, 11) is -1.62. The summed E-state index contributed by atoms with van der Waals surface area (Å²) in [4.78, 5) is 31.5. The number of fused-ring (bicyclic) bond motifs is 1. The van der Waals surface area contributed by atoms with Gasteiger partial charge in [-0.3, -0.25) is 13.8 Å². The normalized spacial score (nSPS) is 16.8. The number of rotatable bonds is 6. The number of hydrogen-bond donors (Lipinski definition) is 1. The molecule has 2 heterocycles. The molecule has 7 nitrogen and oxygen atoms in total. The van der Waals surface area contributed by atoms with Crippen LogP contribution in [0.4, 0.5) is 0 Å². The number of hydrogen-bond acceptors (Lipinski definition) is 5. The lowest BCUT2D eigenvalue weighted by molar-refractivity contribution is 0.0573. The van der Waals surface area contributed by atoms with Gasteiger partial charge in [-0.1, -0.05) is 67.6 Å². The summed E-state index contributed by atoms with van der Waals surface area (Å²) in [6, 6.07) is 19.1. The monoisotopic (exact) mass is 465 g/mol. The second-order valence-electron chi connectivity index (χ2n) is 8.32. The highest BCUT2D eigenvalue weighted by Gasteiger charge is 2.42. The summed E-state index contributed by atoms with van der Waals surface area (Å²) in [6.45, 7) is 5.84. The number of benzene rings is 2. The first-order valence-electron chi connectivity index (χ1n) is 11.0. The number of carbonyl (C=O) groups excluding carboxylic acids is 1. The van der Waals surface area contributed by atoms with Gasteiger partial charge >= 0.3 is 5.56 Å². The Hall–Kier alpha value is -3.26. The molecule has 33 heavy (non-hydrogen) atoms. The van der Waals surface area contributed by atoms with Gasteiger partial charge in [-0.05, 0) is 25.0 Å². The SMILES string of the molecule is CCS(=O)c1nc(=O)c(O)c2n1[C@@H](C(c1ccccc1)c1ccccc1)CN(C(C)C)C2=O. The number of nitrogens with zero attached hydrogens (tertiary/aromatic N) is 3. The largest absolute Gasteiger partial charge is 0.501 e. The maximum absolute atomic E-state index is 13.4. The van der Waals surface area contributed by atoms with Crippen molar-refractivity contribution in [1.29, 1.82) is 0 Å². The molecule has 2 atom stereocenters. The molecule has 0 saturated heterocycles. The van der Waals surface area contributed by atoms with Gasteiger partial charge in [0.25, 0.3) is 5.91 Å². The van der Waals surface area contributed by atoms with Crippen LogP contribution in [0.3, 0.4) is 0 Å². The average molecular weight is 466 g/mol. The molecule has 0 spiro atoms. The van der Waals surface area contributed by atoms with E-state index in [9.17, 15) is 18.9 Å². The Kier molecular flexibility index (Phi) is 6.47. The predicted octanol–water partition coefficient (Wildman–Crippen LogP) is 3.31. The minimum Gasteiger partial charge on any atom is -0.501 e. The first kappa shape index (κ1) is 22.9. The summed E-state index contributed by atoms with van der Waals surface area (Å²) in [5.41, 5.74) is 0.925. The van der Waals surface area contributed by atoms with E-state index in [4.69, 9.17) is 0 Å². The molecule has 0 saturated carbocycles. The van der Waals surface area contributed by atoms with Gasteiger partial charge in [0.1, 0.15) is 0 Å². The molecule has 172 valence electrons. The van der Waals surface area contributed by atoms with E-state index >= 15 is 0 Å². The zero-order valence-corrected chi connectivity index (χ0v) is 19.7. The minimum absolute atomic E-state index is 0.0221. The second kappa shape index (κ2) is 9.31. The van der Waals surface area contributed by atoms with Crippen LogP contribution in [0.25, 0.3) is 0 Å². The van der Waals surface area contributed by atoms with E-state index in [0.717, 1.165) is 11.1 Å². The zero-order valence-electron chi connectivity index (χ0n) is 18.8. The Balaban J connectivity index is 2.06. The molecule has 3 aromatic rings. The highest BCUT2D eigenvalue weighted by atomic mass is 32.2. The Labute approximate surface area is 195 Å². The van der Waals surface area contributed by atoms with Gasteiger partial charge in [0, 0.05) is 24.3 Å². The third kappa shape index (κ3) is 4.11. The summed E-state index contributed by atoms with van der Waals surface area (Å²) >= 11 is 0.